The van der Waals surface area contributed by atoms with Crippen molar-refractivity contribution in [3.8, 4) is 0 Å². The van der Waals surface area contributed by atoms with E-state index in [1.54, 1.807) is 17.0 Å². The maximum Gasteiger partial charge on any atom is 0.321 e. The van der Waals surface area contributed by atoms with E-state index in [0.29, 0.717) is 12.5 Å². The molecular formula is C29H38N6O3. The summed E-state index contributed by atoms with van der Waals surface area (Å²) in [7, 11) is 4.30. The van der Waals surface area contributed by atoms with Crippen LogP contribution in [-0.4, -0.2) is 76.8 Å². The Labute approximate surface area is 224 Å². The first kappa shape index (κ1) is 26.2. The molecular weight excluding hydrogens is 480 g/mol. The molecule has 1 spiro atoms. The number of nitrogens with zero attached hydrogens (tertiary/aromatic N) is 4. The highest BCUT2D eigenvalue weighted by atomic mass is 16.2. The zero-order valence-electron chi connectivity index (χ0n) is 22.4. The Morgan fingerprint density at radius 3 is 2.37 bits per heavy atom. The molecule has 9 heteroatoms. The Morgan fingerprint density at radius 1 is 1.05 bits per heavy atom. The number of urea groups is 1. The summed E-state index contributed by atoms with van der Waals surface area (Å²) in [6.07, 6.45) is 7.21. The lowest BCUT2D eigenvalue weighted by atomic mass is 9.68. The van der Waals surface area contributed by atoms with E-state index >= 15 is 0 Å². The van der Waals surface area contributed by atoms with E-state index in [4.69, 9.17) is 5.73 Å². The van der Waals surface area contributed by atoms with Gasteiger partial charge in [0, 0.05) is 18.6 Å². The third kappa shape index (κ3) is 4.87. The molecule has 2 aromatic rings. The second-order valence-electron chi connectivity index (χ2n) is 11.4. The predicted molar refractivity (Wildman–Crippen MR) is 145 cm³/mol. The molecule has 3 fully saturated rings. The quantitative estimate of drug-likeness (QED) is 0.556. The van der Waals surface area contributed by atoms with E-state index in [2.05, 4.69) is 64.5 Å². The number of carbonyl (C=O) groups is 3. The fraction of sp³-hybridized carbons (Fsp3) is 0.517. The van der Waals surface area contributed by atoms with Gasteiger partial charge in [-0.05, 0) is 76.2 Å². The van der Waals surface area contributed by atoms with Gasteiger partial charge in [-0.1, -0.05) is 42.8 Å². The number of carbonyl (C=O) groups excluding carboxylic acids is 3. The molecule has 3 aliphatic rings. The standard InChI is InChI=1S/C29H38N6O3/c1-33(2)29(22-10-4-3-5-11-22)16-14-28(15-17-29)20-34(27(38)35(28)18-21-8-6-9-21)19-25(36)32-24-13-7-12-23(31-24)26(30)37/h3-5,7,10-13,21H,6,8-9,14-20H2,1-2H3,(H2,30,37)(H,31,32,36)/t28-,29-. The van der Waals surface area contributed by atoms with Crippen LogP contribution in [0.1, 0.15) is 61.0 Å². The number of hydrogen-bond donors (Lipinski definition) is 2. The zero-order chi connectivity index (χ0) is 26.9. The van der Waals surface area contributed by atoms with Gasteiger partial charge in [0.15, 0.2) is 0 Å². The van der Waals surface area contributed by atoms with Crippen molar-refractivity contribution in [2.45, 2.75) is 56.0 Å². The van der Waals surface area contributed by atoms with Crippen molar-refractivity contribution in [3.05, 3.63) is 59.8 Å². The van der Waals surface area contributed by atoms with Crippen LogP contribution >= 0.6 is 0 Å². The Bertz CT molecular complexity index is 1190. The lowest BCUT2D eigenvalue weighted by Gasteiger charge is -2.51. The smallest absolute Gasteiger partial charge is 0.321 e. The van der Waals surface area contributed by atoms with E-state index in [-0.39, 0.29) is 41.1 Å². The minimum absolute atomic E-state index is 0.0528. The SMILES string of the molecule is CN(C)[C@]1(c2ccccc2)CC[C@@]2(CC1)CN(CC(=O)Nc1cccc(C(N)=O)n1)C(=O)N2CC1CCC1. The molecule has 0 bridgehead atoms. The van der Waals surface area contributed by atoms with E-state index < -0.39 is 5.91 Å². The second-order valence-corrected chi connectivity index (χ2v) is 11.4. The summed E-state index contributed by atoms with van der Waals surface area (Å²) >= 11 is 0. The van der Waals surface area contributed by atoms with Crippen molar-refractivity contribution in [2.75, 3.05) is 39.0 Å². The summed E-state index contributed by atoms with van der Waals surface area (Å²) in [5, 5.41) is 2.73. The second kappa shape index (κ2) is 10.4. The van der Waals surface area contributed by atoms with Crippen LogP contribution < -0.4 is 11.1 Å². The zero-order valence-corrected chi connectivity index (χ0v) is 22.4. The van der Waals surface area contributed by atoms with Gasteiger partial charge in [0.1, 0.15) is 18.1 Å². The molecule has 0 radical (unpaired) electrons. The normalized spacial score (nSPS) is 25.6. The minimum atomic E-state index is -0.661. The minimum Gasteiger partial charge on any atom is -0.364 e. The molecule has 38 heavy (non-hydrogen) atoms. The summed E-state index contributed by atoms with van der Waals surface area (Å²) in [5.74, 6) is -0.211. The average molecular weight is 519 g/mol. The topological polar surface area (TPSA) is 112 Å². The number of benzene rings is 1. The van der Waals surface area contributed by atoms with Crippen LogP contribution in [0.25, 0.3) is 0 Å². The number of rotatable bonds is 8. The molecule has 0 unspecified atom stereocenters. The van der Waals surface area contributed by atoms with Crippen molar-refractivity contribution in [3.63, 3.8) is 0 Å². The van der Waals surface area contributed by atoms with E-state index in [1.807, 2.05) is 0 Å². The van der Waals surface area contributed by atoms with Crippen LogP contribution in [0, 0.1) is 5.92 Å². The summed E-state index contributed by atoms with van der Waals surface area (Å²) in [6, 6.07) is 15.3. The lowest BCUT2D eigenvalue weighted by Crippen LogP contribution is -2.56. The van der Waals surface area contributed by atoms with E-state index in [1.165, 1.54) is 18.1 Å². The fourth-order valence-corrected chi connectivity index (χ4v) is 6.51. The maximum atomic E-state index is 13.7. The van der Waals surface area contributed by atoms with Gasteiger partial charge in [-0.25, -0.2) is 9.78 Å². The summed E-state index contributed by atoms with van der Waals surface area (Å²) in [6.45, 7) is 1.25. The van der Waals surface area contributed by atoms with Gasteiger partial charge in [-0.15, -0.1) is 0 Å². The molecule has 1 aromatic carbocycles. The highest BCUT2D eigenvalue weighted by Gasteiger charge is 2.55. The Hall–Kier alpha value is -3.46. The Balaban J connectivity index is 1.33. The van der Waals surface area contributed by atoms with Crippen molar-refractivity contribution in [1.82, 2.24) is 19.7 Å². The highest BCUT2D eigenvalue weighted by molar-refractivity contribution is 5.95. The van der Waals surface area contributed by atoms with Crippen molar-refractivity contribution in [1.29, 1.82) is 0 Å². The molecule has 1 aromatic heterocycles. The Kier molecular flexibility index (Phi) is 7.13. The Morgan fingerprint density at radius 2 is 1.76 bits per heavy atom. The van der Waals surface area contributed by atoms with Gasteiger partial charge in [0.25, 0.3) is 5.91 Å². The molecule has 1 saturated heterocycles. The lowest BCUT2D eigenvalue weighted by molar-refractivity contribution is -0.116. The molecule has 0 atom stereocenters. The van der Waals surface area contributed by atoms with Gasteiger partial charge in [-0.2, -0.15) is 0 Å². The monoisotopic (exact) mass is 518 g/mol. The number of anilines is 1. The summed E-state index contributed by atoms with van der Waals surface area (Å²) < 4.78 is 0. The first-order chi connectivity index (χ1) is 18.2. The number of aromatic nitrogens is 1. The van der Waals surface area contributed by atoms with Gasteiger partial charge >= 0.3 is 6.03 Å². The largest absolute Gasteiger partial charge is 0.364 e. The summed E-state index contributed by atoms with van der Waals surface area (Å²) in [4.78, 5) is 48.4. The number of primary amides is 1. The number of pyridine rings is 1. The third-order valence-corrected chi connectivity index (χ3v) is 9.00. The van der Waals surface area contributed by atoms with Crippen LogP contribution in [0.5, 0.6) is 0 Å². The molecule has 202 valence electrons. The molecule has 4 amide bonds. The molecule has 5 rings (SSSR count). The third-order valence-electron chi connectivity index (χ3n) is 9.00. The van der Waals surface area contributed by atoms with Gasteiger partial charge in [0.2, 0.25) is 5.91 Å². The maximum absolute atomic E-state index is 13.7. The molecule has 2 aliphatic carbocycles. The first-order valence-electron chi connectivity index (χ1n) is 13.6. The molecule has 2 saturated carbocycles. The summed E-state index contributed by atoms with van der Waals surface area (Å²) in [5.41, 5.74) is 6.37. The predicted octanol–water partition coefficient (Wildman–Crippen LogP) is 3.43. The van der Waals surface area contributed by atoms with Crippen LogP contribution in [-0.2, 0) is 10.3 Å². The van der Waals surface area contributed by atoms with Crippen molar-refractivity contribution < 1.29 is 14.4 Å². The number of hydrogen-bond acceptors (Lipinski definition) is 5. The molecule has 2 heterocycles. The average Bonchev–Trinajstić information content (AvgIpc) is 3.12. The van der Waals surface area contributed by atoms with Gasteiger partial charge in [-0.3, -0.25) is 14.5 Å². The number of nitrogens with two attached hydrogens (primary N) is 1. The number of amides is 4. The van der Waals surface area contributed by atoms with E-state index in [9.17, 15) is 14.4 Å². The van der Waals surface area contributed by atoms with Crippen molar-refractivity contribution in [2.24, 2.45) is 11.7 Å². The number of nitrogens with one attached hydrogen (secondary N) is 1. The molecule has 9 nitrogen and oxygen atoms in total. The molecule has 1 aliphatic heterocycles. The van der Waals surface area contributed by atoms with Crippen LogP contribution in [0.15, 0.2) is 48.5 Å². The van der Waals surface area contributed by atoms with Crippen LogP contribution in [0.4, 0.5) is 10.6 Å². The van der Waals surface area contributed by atoms with Gasteiger partial charge in [0.05, 0.1) is 5.54 Å². The van der Waals surface area contributed by atoms with Crippen LogP contribution in [0.3, 0.4) is 0 Å². The fourth-order valence-electron chi connectivity index (χ4n) is 6.51. The van der Waals surface area contributed by atoms with Crippen LogP contribution in [0.2, 0.25) is 0 Å². The van der Waals surface area contributed by atoms with Crippen molar-refractivity contribution >= 4 is 23.7 Å². The molecule has 3 N–H and O–H groups in total. The first-order valence-corrected chi connectivity index (χ1v) is 13.6. The highest BCUT2D eigenvalue weighted by Crippen LogP contribution is 2.49. The van der Waals surface area contributed by atoms with Gasteiger partial charge < -0.3 is 20.9 Å². The van der Waals surface area contributed by atoms with E-state index in [0.717, 1.165) is 45.1 Å².